The van der Waals surface area contributed by atoms with E-state index in [0.29, 0.717) is 12.2 Å². The first-order chi connectivity index (χ1) is 8.31. The molecule has 3 rings (SSSR count). The average molecular weight is 234 g/mol. The van der Waals surface area contributed by atoms with Crippen molar-refractivity contribution in [2.45, 2.75) is 44.6 Å². The van der Waals surface area contributed by atoms with Crippen molar-refractivity contribution in [1.82, 2.24) is 0 Å². The number of carbonyl (C=O) groups excluding carboxylic acids is 2. The molecule has 0 spiro atoms. The van der Waals surface area contributed by atoms with E-state index in [0.717, 1.165) is 18.8 Å². The number of allylic oxidation sites excluding steroid dienone is 1. The molecule has 3 heteroatoms. The van der Waals surface area contributed by atoms with Gasteiger partial charge in [0.25, 0.3) is 0 Å². The van der Waals surface area contributed by atoms with E-state index in [4.69, 9.17) is 4.74 Å². The number of ketones is 1. The third kappa shape index (κ3) is 1.72. The maximum atomic E-state index is 12.1. The molecule has 17 heavy (non-hydrogen) atoms. The van der Waals surface area contributed by atoms with E-state index < -0.39 is 0 Å². The van der Waals surface area contributed by atoms with Crippen LogP contribution in [0.4, 0.5) is 0 Å². The monoisotopic (exact) mass is 234 g/mol. The highest BCUT2D eigenvalue weighted by molar-refractivity contribution is 6.13. The molecule has 0 aromatic heterocycles. The summed E-state index contributed by atoms with van der Waals surface area (Å²) < 4.78 is 5.71. The Bertz CT molecular complexity index is 372. The minimum absolute atomic E-state index is 0.0141. The van der Waals surface area contributed by atoms with Crippen LogP contribution in [-0.2, 0) is 14.3 Å². The Labute approximate surface area is 101 Å². The van der Waals surface area contributed by atoms with E-state index in [1.807, 2.05) is 0 Å². The number of fused-ring (bicyclic) bond motifs is 3. The highest BCUT2D eigenvalue weighted by Gasteiger charge is 2.46. The summed E-state index contributed by atoms with van der Waals surface area (Å²) in [6.45, 7) is 0. The lowest BCUT2D eigenvalue weighted by Gasteiger charge is -2.45. The quantitative estimate of drug-likeness (QED) is 0.516. The molecule has 2 aliphatic carbocycles. The van der Waals surface area contributed by atoms with E-state index in [1.54, 1.807) is 0 Å². The fourth-order valence-corrected chi connectivity index (χ4v) is 3.87. The van der Waals surface area contributed by atoms with Crippen LogP contribution < -0.4 is 0 Å². The summed E-state index contributed by atoms with van der Waals surface area (Å²) in [5, 5.41) is 0. The van der Waals surface area contributed by atoms with E-state index in [2.05, 4.69) is 0 Å². The molecule has 2 fully saturated rings. The molecular weight excluding hydrogens is 216 g/mol. The lowest BCUT2D eigenvalue weighted by molar-refractivity contribution is -0.134. The van der Waals surface area contributed by atoms with Crippen molar-refractivity contribution >= 4 is 12.1 Å². The summed E-state index contributed by atoms with van der Waals surface area (Å²) in [4.78, 5) is 22.8. The van der Waals surface area contributed by atoms with Gasteiger partial charge in [-0.25, -0.2) is 0 Å². The summed E-state index contributed by atoms with van der Waals surface area (Å²) >= 11 is 0. The van der Waals surface area contributed by atoms with Gasteiger partial charge in [-0.05, 0) is 31.1 Å². The van der Waals surface area contributed by atoms with Crippen LogP contribution >= 0.6 is 0 Å². The van der Waals surface area contributed by atoms with Crippen molar-refractivity contribution < 1.29 is 14.3 Å². The number of hydrogen-bond donors (Lipinski definition) is 0. The second-order valence-electron chi connectivity index (χ2n) is 5.55. The van der Waals surface area contributed by atoms with Gasteiger partial charge < -0.3 is 4.74 Å². The molecule has 0 N–H and O–H groups in total. The fraction of sp³-hybridized carbons (Fsp3) is 0.714. The van der Waals surface area contributed by atoms with Gasteiger partial charge in [-0.15, -0.1) is 0 Å². The van der Waals surface area contributed by atoms with Gasteiger partial charge in [0.1, 0.15) is 6.10 Å². The van der Waals surface area contributed by atoms with Crippen molar-refractivity contribution in [3.8, 4) is 0 Å². The van der Waals surface area contributed by atoms with Crippen LogP contribution in [0, 0.1) is 17.8 Å². The van der Waals surface area contributed by atoms with E-state index >= 15 is 0 Å². The Hall–Kier alpha value is -1.12. The molecule has 0 aromatic rings. The van der Waals surface area contributed by atoms with Crippen molar-refractivity contribution in [2.24, 2.45) is 17.8 Å². The number of hydrogen-bond acceptors (Lipinski definition) is 3. The summed E-state index contributed by atoms with van der Waals surface area (Å²) in [6, 6.07) is 0. The molecule has 1 aliphatic heterocycles. The van der Waals surface area contributed by atoms with Gasteiger partial charge >= 0.3 is 0 Å². The van der Waals surface area contributed by atoms with Crippen LogP contribution in [0.25, 0.3) is 0 Å². The first-order valence-electron chi connectivity index (χ1n) is 6.66. The normalized spacial score (nSPS) is 40.7. The summed E-state index contributed by atoms with van der Waals surface area (Å²) in [5.74, 6) is 1.24. The highest BCUT2D eigenvalue weighted by Crippen LogP contribution is 2.46. The molecule has 92 valence electrons. The van der Waals surface area contributed by atoms with Crippen molar-refractivity contribution in [3.63, 3.8) is 0 Å². The summed E-state index contributed by atoms with van der Waals surface area (Å²) in [5.41, 5.74) is 0.223. The second-order valence-corrected chi connectivity index (χ2v) is 5.55. The Kier molecular flexibility index (Phi) is 2.77. The van der Waals surface area contributed by atoms with Crippen molar-refractivity contribution in [3.05, 3.63) is 11.8 Å². The highest BCUT2D eigenvalue weighted by atomic mass is 16.5. The second kappa shape index (κ2) is 4.28. The fourth-order valence-electron chi connectivity index (χ4n) is 3.87. The lowest BCUT2D eigenvalue weighted by atomic mass is 9.64. The predicted octanol–water partition coefficient (Wildman–Crippen LogP) is 2.25. The Morgan fingerprint density at radius 1 is 1.18 bits per heavy atom. The molecule has 0 radical (unpaired) electrons. The van der Waals surface area contributed by atoms with Gasteiger partial charge in [0.2, 0.25) is 0 Å². The van der Waals surface area contributed by atoms with Crippen LogP contribution in [0.5, 0.6) is 0 Å². The topological polar surface area (TPSA) is 43.4 Å². The predicted molar refractivity (Wildman–Crippen MR) is 62.2 cm³/mol. The third-order valence-electron chi connectivity index (χ3n) is 4.74. The first kappa shape index (κ1) is 11.0. The maximum absolute atomic E-state index is 12.1. The molecule has 0 aromatic carbocycles. The summed E-state index contributed by atoms with van der Waals surface area (Å²) in [7, 11) is 0. The molecule has 0 saturated heterocycles. The Morgan fingerprint density at radius 3 is 2.82 bits per heavy atom. The van der Waals surface area contributed by atoms with E-state index in [1.165, 1.54) is 31.9 Å². The molecule has 4 unspecified atom stereocenters. The van der Waals surface area contributed by atoms with Crippen LogP contribution in [0.15, 0.2) is 11.8 Å². The van der Waals surface area contributed by atoms with Gasteiger partial charge in [0, 0.05) is 0 Å². The Morgan fingerprint density at radius 2 is 2.00 bits per heavy atom. The van der Waals surface area contributed by atoms with Crippen molar-refractivity contribution in [2.75, 3.05) is 0 Å². The first-order valence-corrected chi connectivity index (χ1v) is 6.66. The van der Waals surface area contributed by atoms with Gasteiger partial charge in [-0.2, -0.15) is 0 Å². The zero-order chi connectivity index (χ0) is 11.8. The van der Waals surface area contributed by atoms with Crippen LogP contribution in [0.3, 0.4) is 0 Å². The molecule has 1 heterocycles. The molecule has 3 nitrogen and oxygen atoms in total. The number of rotatable bonds is 1. The largest absolute Gasteiger partial charge is 0.496 e. The number of carbonyl (C=O) groups is 2. The van der Waals surface area contributed by atoms with E-state index in [-0.39, 0.29) is 23.4 Å². The zero-order valence-electron chi connectivity index (χ0n) is 9.93. The number of aldehydes is 1. The smallest absolute Gasteiger partial charge is 0.176 e. The molecule has 0 bridgehead atoms. The van der Waals surface area contributed by atoms with Gasteiger partial charge in [-0.3, -0.25) is 9.59 Å². The molecule has 0 amide bonds. The SMILES string of the molecule is O=CC1=COC2C(CCC3CCCCC32)C1=O. The van der Waals surface area contributed by atoms with E-state index in [9.17, 15) is 9.59 Å². The van der Waals surface area contributed by atoms with Crippen LogP contribution in [-0.4, -0.2) is 18.2 Å². The molecular formula is C14H18O3. The molecule has 4 atom stereocenters. The van der Waals surface area contributed by atoms with Gasteiger partial charge in [-0.1, -0.05) is 19.3 Å². The zero-order valence-corrected chi connectivity index (χ0v) is 9.93. The van der Waals surface area contributed by atoms with Crippen molar-refractivity contribution in [1.29, 1.82) is 0 Å². The molecule has 3 aliphatic rings. The summed E-state index contributed by atoms with van der Waals surface area (Å²) in [6.07, 6.45) is 9.15. The minimum Gasteiger partial charge on any atom is -0.496 e. The van der Waals surface area contributed by atoms with Gasteiger partial charge in [0.15, 0.2) is 12.1 Å². The minimum atomic E-state index is -0.0560. The number of Topliss-reactive ketones (excluding diaryl/α,β-unsaturated/α-hetero) is 1. The Balaban J connectivity index is 1.85. The maximum Gasteiger partial charge on any atom is 0.176 e. The lowest BCUT2D eigenvalue weighted by Crippen LogP contribution is -2.47. The van der Waals surface area contributed by atoms with Gasteiger partial charge in [0.05, 0.1) is 17.8 Å². The number of ether oxygens (including phenoxy) is 1. The van der Waals surface area contributed by atoms with Crippen LogP contribution in [0.1, 0.15) is 38.5 Å². The molecule has 2 saturated carbocycles. The third-order valence-corrected chi connectivity index (χ3v) is 4.74. The average Bonchev–Trinajstić information content (AvgIpc) is 2.39. The van der Waals surface area contributed by atoms with Crippen LogP contribution in [0.2, 0.25) is 0 Å². The standard InChI is InChI=1S/C14H18O3/c15-7-10-8-17-14-11-4-2-1-3-9(11)5-6-12(14)13(10)16/h7-9,11-12,14H,1-6H2.